The van der Waals surface area contributed by atoms with Crippen LogP contribution in [0.3, 0.4) is 0 Å². The van der Waals surface area contributed by atoms with Gasteiger partial charge in [0.15, 0.2) is 0 Å². The quantitative estimate of drug-likeness (QED) is 0.251. The van der Waals surface area contributed by atoms with Gasteiger partial charge in [-0.15, -0.1) is 0 Å². The minimum absolute atomic E-state index is 0.173. The summed E-state index contributed by atoms with van der Waals surface area (Å²) in [6.45, 7) is 4.00. The first-order chi connectivity index (χ1) is 12.6. The number of carboxylic acid groups (broad SMARTS) is 1. The molecule has 0 radical (unpaired) electrons. The molecule has 0 heterocycles. The second-order valence-electron chi connectivity index (χ2n) is 7.02. The molecule has 0 rings (SSSR count). The molecule has 0 aromatic heterocycles. The van der Waals surface area contributed by atoms with E-state index in [1.165, 1.54) is 77.0 Å². The maximum Gasteiger partial charge on any atom is 0.303 e. The highest BCUT2D eigenvalue weighted by Crippen LogP contribution is 2.14. The van der Waals surface area contributed by atoms with Gasteiger partial charge in [0.1, 0.15) is 0 Å². The summed E-state index contributed by atoms with van der Waals surface area (Å²) in [5.74, 6) is -0.841. The number of hydrogen-bond donors (Lipinski definition) is 2. The predicted molar refractivity (Wildman–Crippen MR) is 111 cm³/mol. The number of carbonyl (C=O) groups excluding carboxylic acids is 1. The Labute approximate surface area is 162 Å². The number of carbonyl (C=O) groups is 2. The van der Waals surface area contributed by atoms with Gasteiger partial charge < -0.3 is 10.8 Å². The van der Waals surface area contributed by atoms with E-state index >= 15 is 0 Å². The largest absolute Gasteiger partial charge is 0.481 e. The van der Waals surface area contributed by atoms with Crippen molar-refractivity contribution in [1.29, 1.82) is 0 Å². The second kappa shape index (κ2) is 23.9. The molecule has 26 heavy (non-hydrogen) atoms. The van der Waals surface area contributed by atoms with Crippen molar-refractivity contribution in [2.24, 2.45) is 5.73 Å². The lowest BCUT2D eigenvalue weighted by atomic mass is 10.0. The number of rotatable bonds is 19. The molecule has 4 nitrogen and oxygen atoms in total. The molecular weight excluding hydrogens is 326 g/mol. The fourth-order valence-corrected chi connectivity index (χ4v) is 3.05. The third kappa shape index (κ3) is 27.8. The second-order valence-corrected chi connectivity index (χ2v) is 7.02. The number of nitrogens with two attached hydrogens (primary N) is 1. The molecule has 0 aliphatic rings. The van der Waals surface area contributed by atoms with E-state index in [1.807, 2.05) is 13.8 Å². The molecule has 0 saturated heterocycles. The molecule has 0 aromatic carbocycles. The Balaban J connectivity index is 0. The van der Waals surface area contributed by atoms with Gasteiger partial charge in [0.25, 0.3) is 0 Å². The first-order valence-corrected chi connectivity index (χ1v) is 11.1. The van der Waals surface area contributed by atoms with Crippen LogP contribution in [0.2, 0.25) is 0 Å². The lowest BCUT2D eigenvalue weighted by Crippen LogP contribution is -2.09. The summed E-state index contributed by atoms with van der Waals surface area (Å²) in [4.78, 5) is 21.0. The zero-order chi connectivity index (χ0) is 19.9. The van der Waals surface area contributed by atoms with Gasteiger partial charge in [-0.05, 0) is 12.8 Å². The molecule has 4 heteroatoms. The van der Waals surface area contributed by atoms with Crippen LogP contribution in [-0.4, -0.2) is 17.0 Å². The van der Waals surface area contributed by atoms with Crippen molar-refractivity contribution in [2.45, 2.75) is 129 Å². The summed E-state index contributed by atoms with van der Waals surface area (Å²) in [7, 11) is 0. The fraction of sp³-hybridized carbons (Fsp3) is 0.909. The highest BCUT2D eigenvalue weighted by molar-refractivity contribution is 5.73. The minimum Gasteiger partial charge on any atom is -0.481 e. The fourth-order valence-electron chi connectivity index (χ4n) is 3.05. The summed E-state index contributed by atoms with van der Waals surface area (Å²) < 4.78 is 0. The van der Waals surface area contributed by atoms with Crippen molar-refractivity contribution in [3.8, 4) is 0 Å². The monoisotopic (exact) mass is 371 g/mol. The Bertz CT molecular complexity index is 276. The Morgan fingerprint density at radius 1 is 0.538 bits per heavy atom. The number of unbranched alkanes of at least 4 members (excludes halogenated alkanes) is 15. The van der Waals surface area contributed by atoms with Crippen LogP contribution in [0.25, 0.3) is 0 Å². The van der Waals surface area contributed by atoms with Crippen molar-refractivity contribution >= 4 is 11.9 Å². The Morgan fingerprint density at radius 2 is 0.769 bits per heavy atom. The molecule has 0 atom stereocenters. The first kappa shape index (κ1) is 27.2. The summed E-state index contributed by atoms with van der Waals surface area (Å²) in [5.41, 5.74) is 5.11. The zero-order valence-electron chi connectivity index (χ0n) is 17.6. The van der Waals surface area contributed by atoms with Gasteiger partial charge in [-0.3, -0.25) is 9.59 Å². The van der Waals surface area contributed by atoms with E-state index in [0.29, 0.717) is 12.8 Å². The lowest BCUT2D eigenvalue weighted by Gasteiger charge is -2.03. The van der Waals surface area contributed by atoms with Crippen LogP contribution < -0.4 is 5.73 Å². The van der Waals surface area contributed by atoms with Gasteiger partial charge in [-0.25, -0.2) is 0 Å². The molecule has 0 aliphatic carbocycles. The highest BCUT2D eigenvalue weighted by Gasteiger charge is 1.97. The molecule has 0 bridgehead atoms. The van der Waals surface area contributed by atoms with Crippen LogP contribution in [0, 0.1) is 0 Å². The Hall–Kier alpha value is -1.06. The van der Waals surface area contributed by atoms with Crippen molar-refractivity contribution in [1.82, 2.24) is 0 Å². The van der Waals surface area contributed by atoms with Crippen LogP contribution in [0.1, 0.15) is 129 Å². The van der Waals surface area contributed by atoms with E-state index < -0.39 is 5.97 Å². The number of hydrogen-bond acceptors (Lipinski definition) is 2. The van der Waals surface area contributed by atoms with Gasteiger partial charge in [0.2, 0.25) is 5.91 Å². The molecule has 156 valence electrons. The molecule has 0 fully saturated rings. The SMILES string of the molecule is CC.NC(=O)CCCCCCCCCCCCCCCCCCC(=O)O. The molecule has 0 saturated carbocycles. The number of primary amides is 1. The van der Waals surface area contributed by atoms with Crippen LogP contribution >= 0.6 is 0 Å². The van der Waals surface area contributed by atoms with E-state index in [1.54, 1.807) is 0 Å². The Morgan fingerprint density at radius 3 is 1.00 bits per heavy atom. The molecular formula is C22H45NO3. The number of amides is 1. The van der Waals surface area contributed by atoms with Crippen molar-refractivity contribution in [3.05, 3.63) is 0 Å². The first-order valence-electron chi connectivity index (χ1n) is 11.1. The third-order valence-electron chi connectivity index (χ3n) is 4.56. The smallest absolute Gasteiger partial charge is 0.303 e. The van der Waals surface area contributed by atoms with Crippen molar-refractivity contribution in [2.75, 3.05) is 0 Å². The molecule has 3 N–H and O–H groups in total. The van der Waals surface area contributed by atoms with Gasteiger partial charge in [0, 0.05) is 12.8 Å². The molecule has 0 unspecified atom stereocenters. The van der Waals surface area contributed by atoms with E-state index in [2.05, 4.69) is 0 Å². The molecule has 0 spiro atoms. The normalized spacial score (nSPS) is 10.2. The predicted octanol–water partition coefficient (Wildman–Crippen LogP) is 6.60. The van der Waals surface area contributed by atoms with Gasteiger partial charge in [-0.1, -0.05) is 104 Å². The van der Waals surface area contributed by atoms with E-state index in [4.69, 9.17) is 10.8 Å². The Kier molecular flexibility index (Phi) is 25.0. The molecule has 1 amide bonds. The van der Waals surface area contributed by atoms with Crippen LogP contribution in [0.5, 0.6) is 0 Å². The van der Waals surface area contributed by atoms with Crippen molar-refractivity contribution in [3.63, 3.8) is 0 Å². The summed E-state index contributed by atoms with van der Waals surface area (Å²) >= 11 is 0. The third-order valence-corrected chi connectivity index (χ3v) is 4.56. The zero-order valence-corrected chi connectivity index (χ0v) is 17.6. The van der Waals surface area contributed by atoms with Crippen LogP contribution in [0.4, 0.5) is 0 Å². The van der Waals surface area contributed by atoms with Crippen molar-refractivity contribution < 1.29 is 14.7 Å². The molecule has 0 aliphatic heterocycles. The average Bonchev–Trinajstić information content (AvgIpc) is 2.62. The maximum absolute atomic E-state index is 10.6. The van der Waals surface area contributed by atoms with Crippen LogP contribution in [-0.2, 0) is 9.59 Å². The van der Waals surface area contributed by atoms with E-state index in [9.17, 15) is 9.59 Å². The molecule has 0 aromatic rings. The van der Waals surface area contributed by atoms with Gasteiger partial charge in [-0.2, -0.15) is 0 Å². The maximum atomic E-state index is 10.6. The van der Waals surface area contributed by atoms with Crippen LogP contribution in [0.15, 0.2) is 0 Å². The summed E-state index contributed by atoms with van der Waals surface area (Å²) in [6, 6.07) is 0. The van der Waals surface area contributed by atoms with E-state index in [0.717, 1.165) is 25.7 Å². The number of carboxylic acids is 1. The standard InChI is InChI=1S/C20H39NO3.C2H6/c21-19(22)17-15-13-11-9-7-5-3-1-2-4-6-8-10-12-14-16-18-20(23)24;1-2/h1-18H2,(H2,21,22)(H,23,24);1-2H3. The van der Waals surface area contributed by atoms with Gasteiger partial charge in [0.05, 0.1) is 0 Å². The average molecular weight is 372 g/mol. The van der Waals surface area contributed by atoms with E-state index in [-0.39, 0.29) is 5.91 Å². The van der Waals surface area contributed by atoms with Gasteiger partial charge >= 0.3 is 5.97 Å². The number of aliphatic carboxylic acids is 1. The lowest BCUT2D eigenvalue weighted by molar-refractivity contribution is -0.137. The summed E-state index contributed by atoms with van der Waals surface area (Å²) in [6.07, 6.45) is 20.6. The summed E-state index contributed by atoms with van der Waals surface area (Å²) in [5, 5.41) is 8.54. The topological polar surface area (TPSA) is 80.4 Å². The highest BCUT2D eigenvalue weighted by atomic mass is 16.4. The minimum atomic E-state index is -0.668.